The van der Waals surface area contributed by atoms with Gasteiger partial charge in [-0.15, -0.1) is 0 Å². The third-order valence-corrected chi connectivity index (χ3v) is 3.00. The highest BCUT2D eigenvalue weighted by Crippen LogP contribution is 2.28. The first-order valence-corrected chi connectivity index (χ1v) is 5.63. The predicted molar refractivity (Wildman–Crippen MR) is 55.8 cm³/mol. The molecule has 1 rings (SSSR count). The van der Waals surface area contributed by atoms with E-state index in [0.29, 0.717) is 0 Å². The maximum Gasteiger partial charge on any atom is 0.279 e. The summed E-state index contributed by atoms with van der Waals surface area (Å²) in [5, 5.41) is -1.80. The van der Waals surface area contributed by atoms with Crippen molar-refractivity contribution in [2.45, 2.75) is 5.25 Å². The molecule has 15 heavy (non-hydrogen) atoms. The van der Waals surface area contributed by atoms with E-state index in [9.17, 15) is 13.2 Å². The highest BCUT2D eigenvalue weighted by atomic mass is 35.5. The Morgan fingerprint density at radius 1 is 1.47 bits per heavy atom. The van der Waals surface area contributed by atoms with Gasteiger partial charge < -0.3 is 5.73 Å². The summed E-state index contributed by atoms with van der Waals surface area (Å²) in [6, 6.07) is 3.98. The fourth-order valence-corrected chi connectivity index (χ4v) is 1.98. The van der Waals surface area contributed by atoms with Crippen molar-refractivity contribution < 1.29 is 17.8 Å². The first-order valence-electron chi connectivity index (χ1n) is 3.75. The van der Waals surface area contributed by atoms with Gasteiger partial charge in [-0.1, -0.05) is 11.6 Å². The van der Waals surface area contributed by atoms with Crippen molar-refractivity contribution >= 4 is 33.7 Å². The van der Waals surface area contributed by atoms with Gasteiger partial charge in [0.2, 0.25) is 6.29 Å². The zero-order valence-corrected chi connectivity index (χ0v) is 8.92. The average molecular weight is 249 g/mol. The van der Waals surface area contributed by atoms with Gasteiger partial charge in [0.15, 0.2) is 5.25 Å². The SMILES string of the molecule is Nc1ccc(Cl)c(C([C]=O)S(=O)(=O)O)c1. The molecule has 5 nitrogen and oxygen atoms in total. The van der Waals surface area contributed by atoms with Crippen molar-refractivity contribution in [1.82, 2.24) is 0 Å². The molecule has 0 aliphatic heterocycles. The van der Waals surface area contributed by atoms with E-state index in [-0.39, 0.29) is 16.3 Å². The van der Waals surface area contributed by atoms with Crippen LogP contribution in [0, 0.1) is 0 Å². The predicted octanol–water partition coefficient (Wildman–Crippen LogP) is 0.961. The van der Waals surface area contributed by atoms with Crippen LogP contribution in [-0.4, -0.2) is 19.3 Å². The fourth-order valence-electron chi connectivity index (χ4n) is 1.05. The number of carbonyl (C=O) groups excluding carboxylic acids is 1. The first-order chi connectivity index (χ1) is 6.86. The van der Waals surface area contributed by atoms with Crippen LogP contribution >= 0.6 is 11.6 Å². The van der Waals surface area contributed by atoms with Crippen molar-refractivity contribution in [3.63, 3.8) is 0 Å². The molecule has 7 heteroatoms. The molecule has 1 radical (unpaired) electrons. The maximum atomic E-state index is 10.8. The van der Waals surface area contributed by atoms with E-state index in [1.165, 1.54) is 24.5 Å². The zero-order valence-electron chi connectivity index (χ0n) is 7.34. The van der Waals surface area contributed by atoms with Crippen LogP contribution in [0.3, 0.4) is 0 Å². The summed E-state index contributed by atoms with van der Waals surface area (Å²) >= 11 is 5.67. The Hall–Kier alpha value is -1.11. The van der Waals surface area contributed by atoms with Crippen LogP contribution in [0.2, 0.25) is 5.02 Å². The number of rotatable bonds is 3. The standard InChI is InChI=1S/C8H7ClNO4S/c9-7-2-1-5(10)3-6(7)8(4-11)15(12,13)14/h1-3,8H,10H2,(H,12,13,14). The van der Waals surface area contributed by atoms with Gasteiger partial charge in [-0.25, -0.2) is 0 Å². The molecule has 81 valence electrons. The lowest BCUT2D eigenvalue weighted by atomic mass is 10.1. The second kappa shape index (κ2) is 4.18. The highest BCUT2D eigenvalue weighted by Gasteiger charge is 2.27. The number of nitrogens with two attached hydrogens (primary N) is 1. The maximum absolute atomic E-state index is 10.8. The van der Waals surface area contributed by atoms with Crippen molar-refractivity contribution in [3.8, 4) is 0 Å². The van der Waals surface area contributed by atoms with E-state index in [1.807, 2.05) is 0 Å². The van der Waals surface area contributed by atoms with Gasteiger partial charge in [0.1, 0.15) is 0 Å². The number of anilines is 1. The van der Waals surface area contributed by atoms with Crippen molar-refractivity contribution in [1.29, 1.82) is 0 Å². The molecule has 0 spiro atoms. The molecule has 0 aliphatic rings. The van der Waals surface area contributed by atoms with Crippen LogP contribution in [-0.2, 0) is 14.9 Å². The molecular weight excluding hydrogens is 242 g/mol. The summed E-state index contributed by atoms with van der Waals surface area (Å²) in [6.45, 7) is 0. The van der Waals surface area contributed by atoms with Crippen LogP contribution in [0.15, 0.2) is 18.2 Å². The van der Waals surface area contributed by atoms with Crippen LogP contribution in [0.5, 0.6) is 0 Å². The molecular formula is C8H7ClNO4S. The fraction of sp³-hybridized carbons (Fsp3) is 0.125. The van der Waals surface area contributed by atoms with Crippen LogP contribution in [0.25, 0.3) is 0 Å². The second-order valence-corrected chi connectivity index (χ2v) is 4.70. The molecule has 1 aromatic rings. The lowest BCUT2D eigenvalue weighted by Crippen LogP contribution is -2.14. The van der Waals surface area contributed by atoms with Gasteiger partial charge >= 0.3 is 0 Å². The summed E-state index contributed by atoms with van der Waals surface area (Å²) in [7, 11) is -4.57. The topological polar surface area (TPSA) is 97.5 Å². The third kappa shape index (κ3) is 2.68. The van der Waals surface area contributed by atoms with E-state index < -0.39 is 15.4 Å². The van der Waals surface area contributed by atoms with E-state index in [4.69, 9.17) is 21.9 Å². The van der Waals surface area contributed by atoms with Crippen molar-refractivity contribution in [3.05, 3.63) is 28.8 Å². The minimum absolute atomic E-state index is 0.0233. The quantitative estimate of drug-likeness (QED) is 0.613. The van der Waals surface area contributed by atoms with Gasteiger partial charge in [0.05, 0.1) is 0 Å². The molecule has 1 atom stereocenters. The van der Waals surface area contributed by atoms with E-state index >= 15 is 0 Å². The van der Waals surface area contributed by atoms with Gasteiger partial charge in [0, 0.05) is 16.3 Å². The second-order valence-electron chi connectivity index (χ2n) is 2.79. The lowest BCUT2D eigenvalue weighted by Gasteiger charge is -2.09. The smallest absolute Gasteiger partial charge is 0.279 e. The molecule has 0 bridgehead atoms. The third-order valence-electron chi connectivity index (χ3n) is 1.71. The Balaban J connectivity index is 3.36. The van der Waals surface area contributed by atoms with Crippen LogP contribution < -0.4 is 5.73 Å². The molecule has 3 N–H and O–H groups in total. The van der Waals surface area contributed by atoms with Gasteiger partial charge in [-0.2, -0.15) is 8.42 Å². The van der Waals surface area contributed by atoms with Crippen LogP contribution in [0.1, 0.15) is 10.8 Å². The molecule has 0 amide bonds. The Morgan fingerprint density at radius 3 is 2.53 bits per heavy atom. The largest absolute Gasteiger partial charge is 0.399 e. The number of benzene rings is 1. The molecule has 1 unspecified atom stereocenters. The Labute approximate surface area is 91.6 Å². The van der Waals surface area contributed by atoms with E-state index in [2.05, 4.69) is 0 Å². The van der Waals surface area contributed by atoms with Crippen LogP contribution in [0.4, 0.5) is 5.69 Å². The molecule has 0 aromatic heterocycles. The molecule has 0 heterocycles. The zero-order chi connectivity index (χ0) is 11.6. The summed E-state index contributed by atoms with van der Waals surface area (Å²) in [6.07, 6.45) is 1.20. The molecule has 0 fully saturated rings. The lowest BCUT2D eigenvalue weighted by molar-refractivity contribution is 0.474. The summed E-state index contributed by atoms with van der Waals surface area (Å²) in [5.74, 6) is 0. The highest BCUT2D eigenvalue weighted by molar-refractivity contribution is 7.86. The number of halogens is 1. The molecule has 0 aliphatic carbocycles. The summed E-state index contributed by atoms with van der Waals surface area (Å²) in [5.41, 5.74) is 5.54. The number of hydrogen-bond acceptors (Lipinski definition) is 4. The molecule has 0 saturated carbocycles. The van der Waals surface area contributed by atoms with Gasteiger partial charge in [-0.05, 0) is 18.2 Å². The van der Waals surface area contributed by atoms with Gasteiger partial charge in [-0.3, -0.25) is 9.35 Å². The van der Waals surface area contributed by atoms with E-state index in [0.717, 1.165) is 0 Å². The van der Waals surface area contributed by atoms with Gasteiger partial charge in [0.25, 0.3) is 10.1 Å². The van der Waals surface area contributed by atoms with E-state index in [1.54, 1.807) is 0 Å². The van der Waals surface area contributed by atoms with Crippen molar-refractivity contribution in [2.75, 3.05) is 5.73 Å². The molecule has 0 saturated heterocycles. The average Bonchev–Trinajstić information content (AvgIpc) is 2.10. The minimum atomic E-state index is -4.57. The summed E-state index contributed by atoms with van der Waals surface area (Å²) < 4.78 is 30.4. The monoisotopic (exact) mass is 248 g/mol. The Morgan fingerprint density at radius 2 is 2.07 bits per heavy atom. The number of nitrogen functional groups attached to an aromatic ring is 1. The minimum Gasteiger partial charge on any atom is -0.399 e. The first kappa shape index (κ1) is 12.0. The Kier molecular flexibility index (Phi) is 3.33. The summed E-state index contributed by atoms with van der Waals surface area (Å²) in [4.78, 5) is 10.5. The molecule has 1 aromatic carbocycles. The Bertz CT molecular complexity index is 485. The normalized spacial score (nSPS) is 13.5. The number of hydrogen-bond donors (Lipinski definition) is 2. The van der Waals surface area contributed by atoms with Crippen molar-refractivity contribution in [2.24, 2.45) is 0 Å².